The van der Waals surface area contributed by atoms with Crippen molar-refractivity contribution in [3.63, 3.8) is 0 Å². The van der Waals surface area contributed by atoms with Gasteiger partial charge in [0.15, 0.2) is 0 Å². The molecule has 1 saturated carbocycles. The van der Waals surface area contributed by atoms with Crippen LogP contribution in [0.1, 0.15) is 58.1 Å². The highest BCUT2D eigenvalue weighted by molar-refractivity contribution is 7.90. The number of oxazole rings is 1. The molecule has 7 heteroatoms. The normalized spacial score (nSPS) is 21.2. The van der Waals surface area contributed by atoms with Gasteiger partial charge in [-0.25, -0.2) is 18.1 Å². The van der Waals surface area contributed by atoms with Crippen molar-refractivity contribution in [1.29, 1.82) is 0 Å². The van der Waals surface area contributed by atoms with Crippen LogP contribution in [-0.4, -0.2) is 29.2 Å². The van der Waals surface area contributed by atoms with Gasteiger partial charge in [-0.3, -0.25) is 0 Å². The summed E-state index contributed by atoms with van der Waals surface area (Å²) in [5.74, 6) is 1.05. The molecule has 1 aliphatic carbocycles. The summed E-state index contributed by atoms with van der Waals surface area (Å²) in [6.45, 7) is 5.20. The van der Waals surface area contributed by atoms with Gasteiger partial charge in [0.25, 0.3) is 0 Å². The average molecular weight is 402 g/mol. The molecule has 28 heavy (non-hydrogen) atoms. The first-order valence-electron chi connectivity index (χ1n) is 9.77. The van der Waals surface area contributed by atoms with Crippen LogP contribution in [0.2, 0.25) is 0 Å². The van der Waals surface area contributed by atoms with Crippen molar-refractivity contribution in [3.05, 3.63) is 42.4 Å². The summed E-state index contributed by atoms with van der Waals surface area (Å²) in [5.41, 5.74) is 3.28. The molecule has 2 heterocycles. The number of rotatable bonds is 4. The third kappa shape index (κ3) is 3.73. The van der Waals surface area contributed by atoms with Crippen molar-refractivity contribution in [2.24, 2.45) is 0 Å². The standard InChI is InChI=1S/C21H27N3O3S/c1-21(2,3)28(25,26)24-17-7-4-14(5-8-17)19-13-16-12-15(6-9-18(16)23-19)20-22-10-11-27-20/h6,9-14,17,23-24H,4-5,7-8H2,1-3H3/t14-,17-. The molecule has 0 saturated heterocycles. The third-order valence-electron chi connectivity index (χ3n) is 5.62. The minimum Gasteiger partial charge on any atom is -0.445 e. The van der Waals surface area contributed by atoms with Gasteiger partial charge in [0, 0.05) is 28.2 Å². The lowest BCUT2D eigenvalue weighted by molar-refractivity contribution is 0.368. The number of aromatic amines is 1. The zero-order chi connectivity index (χ0) is 19.9. The van der Waals surface area contributed by atoms with Gasteiger partial charge in [-0.05, 0) is 76.6 Å². The number of fused-ring (bicyclic) bond motifs is 1. The Morgan fingerprint density at radius 2 is 1.89 bits per heavy atom. The summed E-state index contributed by atoms with van der Waals surface area (Å²) >= 11 is 0. The smallest absolute Gasteiger partial charge is 0.225 e. The van der Waals surface area contributed by atoms with Crippen LogP contribution in [0.5, 0.6) is 0 Å². The van der Waals surface area contributed by atoms with Crippen LogP contribution in [-0.2, 0) is 10.0 Å². The Morgan fingerprint density at radius 1 is 1.14 bits per heavy atom. The SMILES string of the molecule is CC(C)(C)S(=O)(=O)N[C@H]1CC[C@H](c2cc3cc(-c4ncco4)ccc3[nH]2)CC1. The van der Waals surface area contributed by atoms with E-state index in [1.807, 2.05) is 6.07 Å². The second-order valence-corrected chi connectivity index (χ2v) is 11.1. The lowest BCUT2D eigenvalue weighted by Gasteiger charge is -2.31. The molecule has 4 rings (SSSR count). The zero-order valence-corrected chi connectivity index (χ0v) is 17.3. The summed E-state index contributed by atoms with van der Waals surface area (Å²) in [6.07, 6.45) is 6.88. The Hall–Kier alpha value is -2.12. The van der Waals surface area contributed by atoms with E-state index in [9.17, 15) is 8.42 Å². The molecule has 0 unspecified atom stereocenters. The number of hydrogen-bond donors (Lipinski definition) is 2. The van der Waals surface area contributed by atoms with Crippen LogP contribution in [0.25, 0.3) is 22.4 Å². The molecule has 0 radical (unpaired) electrons. The molecule has 2 aromatic heterocycles. The van der Waals surface area contributed by atoms with Crippen molar-refractivity contribution < 1.29 is 12.8 Å². The van der Waals surface area contributed by atoms with E-state index in [-0.39, 0.29) is 6.04 Å². The van der Waals surface area contributed by atoms with Crippen molar-refractivity contribution in [2.45, 2.75) is 63.2 Å². The van der Waals surface area contributed by atoms with Gasteiger partial charge in [0.1, 0.15) is 6.26 Å². The number of hydrogen-bond acceptors (Lipinski definition) is 4. The minimum absolute atomic E-state index is 0.0292. The summed E-state index contributed by atoms with van der Waals surface area (Å²) in [6, 6.07) is 8.38. The molecule has 0 atom stereocenters. The van der Waals surface area contributed by atoms with Gasteiger partial charge in [0.05, 0.1) is 10.9 Å². The predicted octanol–water partition coefficient (Wildman–Crippen LogP) is 4.57. The molecule has 2 N–H and O–H groups in total. The van der Waals surface area contributed by atoms with E-state index in [1.54, 1.807) is 33.2 Å². The van der Waals surface area contributed by atoms with E-state index >= 15 is 0 Å². The quantitative estimate of drug-likeness (QED) is 0.670. The fourth-order valence-electron chi connectivity index (χ4n) is 3.79. The molecule has 6 nitrogen and oxygen atoms in total. The molecule has 150 valence electrons. The molecule has 0 bridgehead atoms. The average Bonchev–Trinajstić information content (AvgIpc) is 3.30. The second-order valence-electron chi connectivity index (χ2n) is 8.65. The molecule has 0 aliphatic heterocycles. The van der Waals surface area contributed by atoms with Crippen molar-refractivity contribution in [2.75, 3.05) is 0 Å². The molecule has 1 fully saturated rings. The number of H-pyrrole nitrogens is 1. The molecule has 1 aromatic carbocycles. The lowest BCUT2D eigenvalue weighted by atomic mass is 9.84. The fraction of sp³-hybridized carbons (Fsp3) is 0.476. The first-order chi connectivity index (χ1) is 13.2. The number of nitrogens with one attached hydrogen (secondary N) is 2. The Labute approximate surface area is 165 Å². The molecular formula is C21H27N3O3S. The topological polar surface area (TPSA) is 88.0 Å². The van der Waals surface area contributed by atoms with Gasteiger partial charge < -0.3 is 9.40 Å². The minimum atomic E-state index is -3.30. The maximum atomic E-state index is 12.4. The van der Waals surface area contributed by atoms with Crippen LogP contribution >= 0.6 is 0 Å². The number of sulfonamides is 1. The van der Waals surface area contributed by atoms with Crippen LogP contribution in [0.15, 0.2) is 41.1 Å². The summed E-state index contributed by atoms with van der Waals surface area (Å²) in [7, 11) is -3.30. The van der Waals surface area contributed by atoms with E-state index in [1.165, 1.54) is 5.69 Å². The van der Waals surface area contributed by atoms with Gasteiger partial charge in [-0.15, -0.1) is 0 Å². The first kappa shape index (κ1) is 19.2. The highest BCUT2D eigenvalue weighted by Gasteiger charge is 2.33. The largest absolute Gasteiger partial charge is 0.445 e. The summed E-state index contributed by atoms with van der Waals surface area (Å²) < 4.78 is 32.3. The fourth-order valence-corrected chi connectivity index (χ4v) is 4.82. The lowest BCUT2D eigenvalue weighted by Crippen LogP contribution is -2.45. The van der Waals surface area contributed by atoms with E-state index < -0.39 is 14.8 Å². The van der Waals surface area contributed by atoms with Crippen LogP contribution in [0.4, 0.5) is 0 Å². The molecular weight excluding hydrogens is 374 g/mol. The van der Waals surface area contributed by atoms with E-state index in [2.05, 4.69) is 32.9 Å². The Balaban J connectivity index is 1.45. The highest BCUT2D eigenvalue weighted by atomic mass is 32.2. The van der Waals surface area contributed by atoms with Gasteiger partial charge in [-0.2, -0.15) is 0 Å². The van der Waals surface area contributed by atoms with E-state index in [0.717, 1.165) is 42.1 Å². The number of benzene rings is 1. The van der Waals surface area contributed by atoms with E-state index in [4.69, 9.17) is 4.42 Å². The van der Waals surface area contributed by atoms with E-state index in [0.29, 0.717) is 11.8 Å². The van der Waals surface area contributed by atoms with Crippen LogP contribution < -0.4 is 4.72 Å². The van der Waals surface area contributed by atoms with Gasteiger partial charge in [-0.1, -0.05) is 0 Å². The van der Waals surface area contributed by atoms with Crippen LogP contribution in [0, 0.1) is 0 Å². The molecule has 3 aromatic rings. The van der Waals surface area contributed by atoms with Crippen molar-refractivity contribution in [1.82, 2.24) is 14.7 Å². The van der Waals surface area contributed by atoms with Crippen LogP contribution in [0.3, 0.4) is 0 Å². The maximum Gasteiger partial charge on any atom is 0.225 e. The number of aromatic nitrogens is 2. The highest BCUT2D eigenvalue weighted by Crippen LogP contribution is 2.35. The Bertz CT molecular complexity index is 1050. The Kier molecular flexibility index (Phi) is 4.83. The first-order valence-corrected chi connectivity index (χ1v) is 11.3. The maximum absolute atomic E-state index is 12.4. The van der Waals surface area contributed by atoms with Gasteiger partial charge >= 0.3 is 0 Å². The van der Waals surface area contributed by atoms with Gasteiger partial charge in [0.2, 0.25) is 15.9 Å². The predicted molar refractivity (Wildman–Crippen MR) is 111 cm³/mol. The summed E-state index contributed by atoms with van der Waals surface area (Å²) in [4.78, 5) is 7.75. The molecule has 1 aliphatic rings. The number of nitrogens with zero attached hydrogens (tertiary/aromatic N) is 1. The molecule has 0 spiro atoms. The van der Waals surface area contributed by atoms with Crippen molar-refractivity contribution >= 4 is 20.9 Å². The second kappa shape index (κ2) is 7.04. The third-order valence-corrected chi connectivity index (χ3v) is 7.87. The zero-order valence-electron chi connectivity index (χ0n) is 16.5. The Morgan fingerprint density at radius 3 is 2.54 bits per heavy atom. The van der Waals surface area contributed by atoms with Crippen molar-refractivity contribution in [3.8, 4) is 11.5 Å². The molecule has 0 amide bonds. The summed E-state index contributed by atoms with van der Waals surface area (Å²) in [5, 5.41) is 1.14. The monoisotopic (exact) mass is 401 g/mol.